The van der Waals surface area contributed by atoms with Crippen molar-refractivity contribution >= 4 is 5.78 Å². The summed E-state index contributed by atoms with van der Waals surface area (Å²) in [5.74, 6) is 3.63. The lowest BCUT2D eigenvalue weighted by Crippen LogP contribution is -2.60. The van der Waals surface area contributed by atoms with Crippen LogP contribution in [0, 0.1) is 40.4 Å². The largest absolute Gasteiger partial charge is 0.327 e. The first kappa shape index (κ1) is 15.9. The smallest absolute Gasteiger partial charge is 0.133 e. The molecule has 4 aliphatic carbocycles. The van der Waals surface area contributed by atoms with E-state index < -0.39 is 0 Å². The van der Waals surface area contributed by atoms with Gasteiger partial charge in [-0.25, -0.2) is 0 Å². The topological polar surface area (TPSA) is 43.1 Å². The molecule has 3 saturated carbocycles. The maximum atomic E-state index is 12.2. The van der Waals surface area contributed by atoms with E-state index in [-0.39, 0.29) is 17.4 Å². The Morgan fingerprint density at radius 2 is 1.87 bits per heavy atom. The molecule has 2 nitrogen and oxygen atoms in total. The Labute approximate surface area is 141 Å². The van der Waals surface area contributed by atoms with Crippen LogP contribution in [0.1, 0.15) is 65.7 Å². The van der Waals surface area contributed by atoms with Gasteiger partial charge in [0.05, 0.1) is 0 Å². The Morgan fingerprint density at radius 3 is 2.61 bits per heavy atom. The number of ketones is 1. The van der Waals surface area contributed by atoms with Gasteiger partial charge in [0.1, 0.15) is 5.78 Å². The molecule has 0 heterocycles. The Kier molecular flexibility index (Phi) is 3.58. The van der Waals surface area contributed by atoms with Gasteiger partial charge in [0.25, 0.3) is 0 Å². The summed E-state index contributed by atoms with van der Waals surface area (Å²) in [4.78, 5) is 12.2. The second-order valence-electron chi connectivity index (χ2n) is 9.60. The third kappa shape index (κ3) is 2.06. The summed E-state index contributed by atoms with van der Waals surface area (Å²) in [5, 5.41) is 0. The summed E-state index contributed by atoms with van der Waals surface area (Å²) in [6, 6.07) is 0.278. The third-order valence-corrected chi connectivity index (χ3v) is 8.70. The first-order valence-corrected chi connectivity index (χ1v) is 9.79. The molecule has 0 spiro atoms. The fraction of sp³-hybridized carbons (Fsp3) is 0.857. The van der Waals surface area contributed by atoms with Crippen LogP contribution < -0.4 is 5.73 Å². The molecule has 0 aliphatic heterocycles. The molecule has 128 valence electrons. The first-order chi connectivity index (χ1) is 10.9. The van der Waals surface area contributed by atoms with Crippen molar-refractivity contribution < 1.29 is 4.79 Å². The molecule has 0 aromatic rings. The molecule has 2 N–H and O–H groups in total. The molecular formula is C21H33NO. The second kappa shape index (κ2) is 5.18. The van der Waals surface area contributed by atoms with Gasteiger partial charge in [-0.15, -0.1) is 0 Å². The van der Waals surface area contributed by atoms with Gasteiger partial charge in [-0.3, -0.25) is 4.79 Å². The normalized spacial score (nSPS) is 55.0. The predicted octanol–water partition coefficient (Wildman–Crippen LogP) is 4.34. The van der Waals surface area contributed by atoms with Crippen LogP contribution >= 0.6 is 0 Å². The highest BCUT2D eigenvalue weighted by Gasteiger charge is 2.62. The van der Waals surface area contributed by atoms with Gasteiger partial charge in [-0.05, 0) is 86.4 Å². The van der Waals surface area contributed by atoms with Gasteiger partial charge in [-0.2, -0.15) is 0 Å². The number of rotatable bonds is 1. The summed E-state index contributed by atoms with van der Waals surface area (Å²) < 4.78 is 0. The van der Waals surface area contributed by atoms with Crippen molar-refractivity contribution in [3.63, 3.8) is 0 Å². The molecule has 23 heavy (non-hydrogen) atoms. The van der Waals surface area contributed by atoms with Crippen LogP contribution in [0.25, 0.3) is 0 Å². The van der Waals surface area contributed by atoms with E-state index in [0.717, 1.165) is 30.6 Å². The highest BCUT2D eigenvalue weighted by Crippen LogP contribution is 2.66. The van der Waals surface area contributed by atoms with E-state index >= 15 is 0 Å². The molecule has 0 saturated heterocycles. The summed E-state index contributed by atoms with van der Waals surface area (Å²) >= 11 is 0. The fourth-order valence-corrected chi connectivity index (χ4v) is 7.77. The van der Waals surface area contributed by atoms with Crippen LogP contribution in [0.2, 0.25) is 0 Å². The lowest BCUT2D eigenvalue weighted by Gasteiger charge is -2.61. The molecule has 4 rings (SSSR count). The van der Waals surface area contributed by atoms with E-state index in [9.17, 15) is 4.79 Å². The number of allylic oxidation sites excluding steroid dienone is 2. The standard InChI is InChI=1S/C21H33NO/c1-13(23)16-9-10-17-15-8-7-14-6-4-5-11-20(14,2)19(15)18(22)12-21(16,17)3/h4-5,14-19H,6-12,22H2,1-3H3/t14-,15+,16-,17+,18-,19-,20+,21-/m1/s1. The summed E-state index contributed by atoms with van der Waals surface area (Å²) in [6.45, 7) is 6.72. The van der Waals surface area contributed by atoms with Gasteiger partial charge in [-0.1, -0.05) is 26.0 Å². The fourth-order valence-electron chi connectivity index (χ4n) is 7.77. The number of carbonyl (C=O) groups excluding carboxylic acids is 1. The quantitative estimate of drug-likeness (QED) is 0.732. The number of carbonyl (C=O) groups is 1. The van der Waals surface area contributed by atoms with Crippen molar-refractivity contribution in [2.75, 3.05) is 0 Å². The lowest BCUT2D eigenvalue weighted by atomic mass is 9.44. The average Bonchev–Trinajstić information content (AvgIpc) is 2.82. The Bertz CT molecular complexity index is 540. The lowest BCUT2D eigenvalue weighted by molar-refractivity contribution is -0.133. The summed E-state index contributed by atoms with van der Waals surface area (Å²) in [5.41, 5.74) is 7.41. The predicted molar refractivity (Wildman–Crippen MR) is 93.8 cm³/mol. The van der Waals surface area contributed by atoms with Gasteiger partial charge < -0.3 is 5.73 Å². The van der Waals surface area contributed by atoms with Crippen LogP contribution in [0.3, 0.4) is 0 Å². The first-order valence-electron chi connectivity index (χ1n) is 9.79. The minimum Gasteiger partial charge on any atom is -0.327 e. The molecular weight excluding hydrogens is 282 g/mol. The number of hydrogen-bond donors (Lipinski definition) is 1. The van der Waals surface area contributed by atoms with Crippen molar-refractivity contribution in [1.82, 2.24) is 0 Å². The molecule has 0 aromatic heterocycles. The highest BCUT2D eigenvalue weighted by atomic mass is 16.1. The molecule has 0 aromatic carbocycles. The maximum absolute atomic E-state index is 12.2. The maximum Gasteiger partial charge on any atom is 0.133 e. The summed E-state index contributed by atoms with van der Waals surface area (Å²) in [7, 11) is 0. The van der Waals surface area contributed by atoms with Crippen LogP contribution in [-0.2, 0) is 4.79 Å². The van der Waals surface area contributed by atoms with Crippen molar-refractivity contribution in [3.8, 4) is 0 Å². The molecule has 8 atom stereocenters. The van der Waals surface area contributed by atoms with E-state index in [1.807, 2.05) is 0 Å². The molecule has 0 unspecified atom stereocenters. The average molecular weight is 316 g/mol. The molecule has 2 heteroatoms. The van der Waals surface area contributed by atoms with Crippen molar-refractivity contribution in [1.29, 1.82) is 0 Å². The van der Waals surface area contributed by atoms with Gasteiger partial charge in [0.2, 0.25) is 0 Å². The number of hydrogen-bond acceptors (Lipinski definition) is 2. The van der Waals surface area contributed by atoms with Crippen LogP contribution in [0.15, 0.2) is 12.2 Å². The molecule has 4 aliphatic rings. The number of fused-ring (bicyclic) bond motifs is 5. The molecule has 0 radical (unpaired) electrons. The van der Waals surface area contributed by atoms with Gasteiger partial charge in [0, 0.05) is 12.0 Å². The monoisotopic (exact) mass is 315 g/mol. The zero-order valence-electron chi connectivity index (χ0n) is 15.1. The molecule has 0 amide bonds. The molecule has 0 bridgehead atoms. The zero-order valence-corrected chi connectivity index (χ0v) is 15.1. The zero-order chi connectivity index (χ0) is 16.4. The SMILES string of the molecule is CC(=O)[C@H]1CC[C@H]2[C@@H]3CC[C@H]4CC=CC[C@]4(C)[C@H]3[C@H](N)C[C@]12C. The Balaban J connectivity index is 1.70. The number of nitrogens with two attached hydrogens (primary N) is 1. The minimum absolute atomic E-state index is 0.167. The van der Waals surface area contributed by atoms with Crippen molar-refractivity contribution in [3.05, 3.63) is 12.2 Å². The summed E-state index contributed by atoms with van der Waals surface area (Å²) in [6.07, 6.45) is 13.4. The Morgan fingerprint density at radius 1 is 1.09 bits per heavy atom. The van der Waals surface area contributed by atoms with E-state index in [2.05, 4.69) is 26.0 Å². The molecule has 3 fully saturated rings. The van der Waals surface area contributed by atoms with Crippen molar-refractivity contribution in [2.24, 2.45) is 46.2 Å². The van der Waals surface area contributed by atoms with Crippen LogP contribution in [0.5, 0.6) is 0 Å². The number of Topliss-reactive ketones (excluding diaryl/α,β-unsaturated/α-hetero) is 1. The third-order valence-electron chi connectivity index (χ3n) is 8.70. The van der Waals surface area contributed by atoms with Gasteiger partial charge in [0.15, 0.2) is 0 Å². The van der Waals surface area contributed by atoms with Crippen LogP contribution in [0.4, 0.5) is 0 Å². The van der Waals surface area contributed by atoms with E-state index in [1.54, 1.807) is 6.92 Å². The Hall–Kier alpha value is -0.630. The van der Waals surface area contributed by atoms with Crippen LogP contribution in [-0.4, -0.2) is 11.8 Å². The minimum atomic E-state index is 0.167. The second-order valence-corrected chi connectivity index (χ2v) is 9.60. The highest BCUT2D eigenvalue weighted by molar-refractivity contribution is 5.79. The van der Waals surface area contributed by atoms with E-state index in [0.29, 0.717) is 17.1 Å². The van der Waals surface area contributed by atoms with Gasteiger partial charge >= 0.3 is 0 Å². The van der Waals surface area contributed by atoms with Crippen molar-refractivity contribution in [2.45, 2.75) is 71.8 Å². The van der Waals surface area contributed by atoms with E-state index in [1.165, 1.54) is 32.1 Å². The van der Waals surface area contributed by atoms with E-state index in [4.69, 9.17) is 5.73 Å².